The largest absolute Gasteiger partial charge is 0.368 e. The molecule has 7 heteroatoms. The molecule has 0 fully saturated rings. The van der Waals surface area contributed by atoms with Crippen LogP contribution >= 0.6 is 0 Å². The summed E-state index contributed by atoms with van der Waals surface area (Å²) in [5.41, 5.74) is 6.33. The Balaban J connectivity index is 2.04. The van der Waals surface area contributed by atoms with Crippen molar-refractivity contribution >= 4 is 11.8 Å². The van der Waals surface area contributed by atoms with Gasteiger partial charge in [0.1, 0.15) is 5.82 Å². The highest BCUT2D eigenvalue weighted by Crippen LogP contribution is 2.08. The van der Waals surface area contributed by atoms with Crippen molar-refractivity contribution in [2.24, 2.45) is 0 Å². The molecule has 2 aromatic heterocycles. The number of nitrogens with two attached hydrogens (primary N) is 1. The van der Waals surface area contributed by atoms with E-state index in [9.17, 15) is 0 Å². The van der Waals surface area contributed by atoms with Crippen molar-refractivity contribution in [3.05, 3.63) is 23.5 Å². The van der Waals surface area contributed by atoms with Crippen molar-refractivity contribution in [3.8, 4) is 0 Å². The van der Waals surface area contributed by atoms with Crippen LogP contribution in [0.15, 0.2) is 10.6 Å². The smallest absolute Gasteiger partial charge is 0.223 e. The molecule has 0 unspecified atom stereocenters. The average Bonchev–Trinajstić information content (AvgIpc) is 2.60. The molecule has 2 aromatic rings. The third-order valence-corrected chi connectivity index (χ3v) is 1.87. The number of nitrogens with zero attached hydrogens (tertiary/aromatic N) is 4. The van der Waals surface area contributed by atoms with Crippen LogP contribution in [0.1, 0.15) is 17.4 Å². The van der Waals surface area contributed by atoms with E-state index >= 15 is 0 Å². The van der Waals surface area contributed by atoms with E-state index in [-0.39, 0.29) is 5.95 Å². The van der Waals surface area contributed by atoms with Crippen LogP contribution in [0.2, 0.25) is 0 Å². The molecule has 0 atom stereocenters. The number of hydrogen-bond donors (Lipinski definition) is 2. The first kappa shape index (κ1) is 10.3. The topological polar surface area (TPSA) is 103 Å². The first-order chi connectivity index (χ1) is 7.63. The van der Waals surface area contributed by atoms with Gasteiger partial charge in [-0.05, 0) is 6.92 Å². The van der Waals surface area contributed by atoms with Gasteiger partial charge in [0.2, 0.25) is 11.8 Å². The molecular weight excluding hydrogens is 208 g/mol. The van der Waals surface area contributed by atoms with Gasteiger partial charge in [-0.15, -0.1) is 0 Å². The van der Waals surface area contributed by atoms with E-state index in [1.54, 1.807) is 13.0 Å². The second-order valence-corrected chi connectivity index (χ2v) is 3.34. The summed E-state index contributed by atoms with van der Waals surface area (Å²) < 4.78 is 4.84. The maximum atomic E-state index is 5.52. The number of nitrogens with one attached hydrogen (secondary N) is 1. The van der Waals surface area contributed by atoms with Crippen molar-refractivity contribution in [2.75, 3.05) is 11.1 Å². The zero-order valence-corrected chi connectivity index (χ0v) is 9.06. The lowest BCUT2D eigenvalue weighted by atomic mass is 10.4. The third-order valence-electron chi connectivity index (χ3n) is 1.87. The Hall–Kier alpha value is -2.18. The number of anilines is 2. The fourth-order valence-electron chi connectivity index (χ4n) is 1.26. The fourth-order valence-corrected chi connectivity index (χ4v) is 1.26. The molecule has 3 N–H and O–H groups in total. The lowest BCUT2D eigenvalue weighted by Gasteiger charge is -2.03. The Bertz CT molecular complexity index is 474. The van der Waals surface area contributed by atoms with Gasteiger partial charge in [-0.1, -0.05) is 5.16 Å². The molecule has 0 saturated carbocycles. The molecule has 0 aliphatic carbocycles. The number of aromatic nitrogens is 4. The summed E-state index contributed by atoms with van der Waals surface area (Å²) >= 11 is 0. The summed E-state index contributed by atoms with van der Waals surface area (Å²) in [5, 5.41) is 6.79. The minimum Gasteiger partial charge on any atom is -0.368 e. The Morgan fingerprint density at radius 3 is 2.75 bits per heavy atom. The fraction of sp³-hybridized carbons (Fsp3) is 0.333. The molecule has 7 nitrogen and oxygen atoms in total. The van der Waals surface area contributed by atoms with Crippen LogP contribution in [0.4, 0.5) is 11.8 Å². The highest BCUT2D eigenvalue weighted by atomic mass is 16.5. The summed E-state index contributed by atoms with van der Waals surface area (Å²) in [4.78, 5) is 12.1. The van der Waals surface area contributed by atoms with Gasteiger partial charge < -0.3 is 15.6 Å². The van der Waals surface area contributed by atoms with E-state index in [4.69, 9.17) is 10.3 Å². The molecule has 0 bridgehead atoms. The molecule has 2 rings (SSSR count). The minimum absolute atomic E-state index is 0.242. The van der Waals surface area contributed by atoms with E-state index in [1.807, 2.05) is 6.92 Å². The SMILES string of the molecule is Cc1cc(NCc2noc(C)n2)nc(N)n1. The highest BCUT2D eigenvalue weighted by molar-refractivity contribution is 5.40. The first-order valence-electron chi connectivity index (χ1n) is 4.78. The molecule has 2 heterocycles. The van der Waals surface area contributed by atoms with Gasteiger partial charge in [0, 0.05) is 18.7 Å². The molecule has 84 valence electrons. The molecule has 0 aliphatic rings. The van der Waals surface area contributed by atoms with Crippen molar-refractivity contribution in [2.45, 2.75) is 20.4 Å². The summed E-state index contributed by atoms with van der Waals surface area (Å²) in [5.74, 6) is 2.00. The zero-order valence-electron chi connectivity index (χ0n) is 9.06. The van der Waals surface area contributed by atoms with Crippen LogP contribution in [-0.2, 0) is 6.54 Å². The van der Waals surface area contributed by atoms with Crippen molar-refractivity contribution in [1.82, 2.24) is 20.1 Å². The van der Waals surface area contributed by atoms with Gasteiger partial charge in [-0.25, -0.2) is 4.98 Å². The molecule has 0 spiro atoms. The minimum atomic E-state index is 0.242. The predicted octanol–water partition coefficient (Wildman–Crippen LogP) is 0.671. The van der Waals surface area contributed by atoms with Gasteiger partial charge in [0.15, 0.2) is 5.82 Å². The van der Waals surface area contributed by atoms with E-state index in [2.05, 4.69) is 25.4 Å². The van der Waals surface area contributed by atoms with Gasteiger partial charge in [-0.2, -0.15) is 9.97 Å². The molecule has 0 aliphatic heterocycles. The van der Waals surface area contributed by atoms with Crippen molar-refractivity contribution in [3.63, 3.8) is 0 Å². The lowest BCUT2D eigenvalue weighted by Crippen LogP contribution is -2.06. The number of aryl methyl sites for hydroxylation is 2. The van der Waals surface area contributed by atoms with E-state index in [0.29, 0.717) is 24.1 Å². The Morgan fingerprint density at radius 1 is 1.31 bits per heavy atom. The second-order valence-electron chi connectivity index (χ2n) is 3.34. The van der Waals surface area contributed by atoms with Crippen LogP contribution in [0.25, 0.3) is 0 Å². The van der Waals surface area contributed by atoms with Gasteiger partial charge >= 0.3 is 0 Å². The molecular formula is C9H12N6O. The summed E-state index contributed by atoms with van der Waals surface area (Å²) in [6.45, 7) is 4.03. The van der Waals surface area contributed by atoms with E-state index in [0.717, 1.165) is 5.69 Å². The molecule has 0 saturated heterocycles. The van der Waals surface area contributed by atoms with E-state index < -0.39 is 0 Å². The van der Waals surface area contributed by atoms with E-state index in [1.165, 1.54) is 0 Å². The summed E-state index contributed by atoms with van der Waals surface area (Å²) in [6.07, 6.45) is 0. The van der Waals surface area contributed by atoms with Crippen molar-refractivity contribution < 1.29 is 4.52 Å². The Kier molecular flexibility index (Phi) is 2.67. The van der Waals surface area contributed by atoms with Crippen LogP contribution in [0.3, 0.4) is 0 Å². The molecule has 0 aromatic carbocycles. The summed E-state index contributed by atoms with van der Waals surface area (Å²) in [6, 6.07) is 1.79. The normalized spacial score (nSPS) is 10.4. The third kappa shape index (κ3) is 2.44. The number of nitrogen functional groups attached to an aromatic ring is 1. The van der Waals surface area contributed by atoms with Gasteiger partial charge in [0.05, 0.1) is 6.54 Å². The molecule has 16 heavy (non-hydrogen) atoms. The zero-order chi connectivity index (χ0) is 11.5. The maximum absolute atomic E-state index is 5.52. The Morgan fingerprint density at radius 2 is 2.12 bits per heavy atom. The quantitative estimate of drug-likeness (QED) is 0.783. The average molecular weight is 220 g/mol. The molecule has 0 radical (unpaired) electrons. The number of hydrogen-bond acceptors (Lipinski definition) is 7. The van der Waals surface area contributed by atoms with Crippen LogP contribution in [0, 0.1) is 13.8 Å². The van der Waals surface area contributed by atoms with Crippen LogP contribution < -0.4 is 11.1 Å². The van der Waals surface area contributed by atoms with Crippen LogP contribution in [-0.4, -0.2) is 20.1 Å². The predicted molar refractivity (Wildman–Crippen MR) is 57.5 cm³/mol. The number of rotatable bonds is 3. The summed E-state index contributed by atoms with van der Waals surface area (Å²) in [7, 11) is 0. The maximum Gasteiger partial charge on any atom is 0.223 e. The highest BCUT2D eigenvalue weighted by Gasteiger charge is 2.03. The first-order valence-corrected chi connectivity index (χ1v) is 4.78. The Labute approximate surface area is 92.1 Å². The lowest BCUT2D eigenvalue weighted by molar-refractivity contribution is 0.388. The second kappa shape index (κ2) is 4.13. The van der Waals surface area contributed by atoms with Crippen molar-refractivity contribution in [1.29, 1.82) is 0 Å². The monoisotopic (exact) mass is 220 g/mol. The standard InChI is InChI=1S/C9H12N6O/c1-5-3-7(14-9(10)12-5)11-4-8-13-6(2)16-15-8/h3H,4H2,1-2H3,(H3,10,11,12,14). The molecule has 0 amide bonds. The van der Waals surface area contributed by atoms with Gasteiger partial charge in [-0.3, -0.25) is 0 Å². The van der Waals surface area contributed by atoms with Crippen LogP contribution in [0.5, 0.6) is 0 Å². The van der Waals surface area contributed by atoms with Gasteiger partial charge in [0.25, 0.3) is 0 Å².